The average molecular weight is 901 g/mol. The number of rotatable bonds is 22. The second kappa shape index (κ2) is 24.7. The number of esters is 6. The van der Waals surface area contributed by atoms with Crippen molar-refractivity contribution in [2.75, 3.05) is 26.4 Å². The molecule has 1 aromatic rings. The second-order valence-electron chi connectivity index (χ2n) is 18.9. The lowest BCUT2D eigenvalue weighted by Crippen LogP contribution is -2.68. The third kappa shape index (κ3) is 15.3. The van der Waals surface area contributed by atoms with Gasteiger partial charge in [-0.1, -0.05) is 130 Å². The van der Waals surface area contributed by atoms with E-state index in [-0.39, 0.29) is 23.3 Å². The van der Waals surface area contributed by atoms with Crippen LogP contribution in [0.4, 0.5) is 0 Å². The van der Waals surface area contributed by atoms with Crippen molar-refractivity contribution < 1.29 is 71.8 Å². The van der Waals surface area contributed by atoms with Gasteiger partial charge in [0.2, 0.25) is 0 Å². The highest BCUT2D eigenvalue weighted by Crippen LogP contribution is 2.43. The maximum atomic E-state index is 13.5. The van der Waals surface area contributed by atoms with Crippen molar-refractivity contribution >= 4 is 35.8 Å². The van der Waals surface area contributed by atoms with Gasteiger partial charge < -0.3 is 43.0 Å². The molecule has 15 nitrogen and oxygen atoms in total. The minimum atomic E-state index is -1.68. The zero-order valence-corrected chi connectivity index (χ0v) is 39.8. The molecule has 0 spiro atoms. The molecule has 2 aliphatic rings. The number of aliphatic hydroxyl groups is 1. The molecular weight excluding hydrogens is 829 g/mol. The molecule has 3 rings (SSSR count). The Balaban J connectivity index is 1.90. The van der Waals surface area contributed by atoms with Crippen LogP contribution in [0.3, 0.4) is 0 Å². The Hall–Kier alpha value is -4.52. The smallest absolute Gasteiger partial charge is 0.340 e. The molecule has 15 heteroatoms. The van der Waals surface area contributed by atoms with E-state index in [4.69, 9.17) is 37.9 Å². The van der Waals surface area contributed by atoms with Gasteiger partial charge in [-0.3, -0.25) is 24.0 Å². The Kier molecular flexibility index (Phi) is 20.8. The van der Waals surface area contributed by atoms with Gasteiger partial charge in [0.1, 0.15) is 25.4 Å². The molecule has 0 saturated heterocycles. The minimum Gasteiger partial charge on any atom is -0.461 e. The van der Waals surface area contributed by atoms with Crippen LogP contribution >= 0.6 is 0 Å². The maximum absolute atomic E-state index is 13.5. The van der Waals surface area contributed by atoms with E-state index >= 15 is 0 Å². The maximum Gasteiger partial charge on any atom is 0.340 e. The number of carbonyl (C=O) groups excluding carboxylic acids is 6. The fraction of sp³-hybridized carbons (Fsp3) is 0.714. The highest BCUT2D eigenvalue weighted by atomic mass is 16.7. The van der Waals surface area contributed by atoms with E-state index < -0.39 is 115 Å². The van der Waals surface area contributed by atoms with E-state index in [0.717, 1.165) is 53.4 Å². The van der Waals surface area contributed by atoms with Gasteiger partial charge in [-0.2, -0.15) is 0 Å². The van der Waals surface area contributed by atoms with Gasteiger partial charge >= 0.3 is 35.8 Å². The van der Waals surface area contributed by atoms with Gasteiger partial charge in [-0.25, -0.2) is 4.79 Å². The molecule has 1 aliphatic heterocycles. The van der Waals surface area contributed by atoms with Crippen LogP contribution in [0.1, 0.15) is 162 Å². The third-order valence-electron chi connectivity index (χ3n) is 11.2. The highest BCUT2D eigenvalue weighted by Gasteiger charge is 2.59. The summed E-state index contributed by atoms with van der Waals surface area (Å²) in [5.41, 5.74) is -2.04. The molecule has 0 bridgehead atoms. The predicted molar refractivity (Wildman–Crippen MR) is 234 cm³/mol. The Morgan fingerprint density at radius 1 is 0.688 bits per heavy atom. The zero-order valence-electron chi connectivity index (χ0n) is 39.8. The zero-order chi connectivity index (χ0) is 47.8. The molecular formula is C49H72O15. The molecule has 1 heterocycles. The number of unbranched alkanes of at least 4 members (excludes halogenated alkanes) is 9. The lowest BCUT2D eigenvalue weighted by Gasteiger charge is -2.47. The predicted octanol–water partition coefficient (Wildman–Crippen LogP) is 7.08. The van der Waals surface area contributed by atoms with E-state index in [0.29, 0.717) is 6.42 Å². The summed E-state index contributed by atoms with van der Waals surface area (Å²) in [5, 5.41) is 10.6. The molecule has 1 aromatic carbocycles. The number of hydrogen-bond acceptors (Lipinski definition) is 15. The number of carbonyl (C=O) groups is 6. The molecule has 64 heavy (non-hydrogen) atoms. The van der Waals surface area contributed by atoms with E-state index in [1.54, 1.807) is 18.2 Å². The lowest BCUT2D eigenvalue weighted by molar-refractivity contribution is -0.264. The summed E-state index contributed by atoms with van der Waals surface area (Å²) >= 11 is 0. The molecule has 1 fully saturated rings. The van der Waals surface area contributed by atoms with Gasteiger partial charge in [0.05, 0.1) is 18.1 Å². The van der Waals surface area contributed by atoms with Crippen LogP contribution in [0.25, 0.3) is 0 Å². The molecule has 358 valence electrons. The molecule has 1 N–H and O–H groups in total. The van der Waals surface area contributed by atoms with E-state index in [9.17, 15) is 33.9 Å². The standard InChI is InChI=1S/C49H72O15/c1-12-13-14-15-16-17-18-19-20-21-27-57-38-40(60-31(2)51)42(62-33(4)53)39(43(63-34(5)54)41(38)61-32(3)52)58-28-23-25-35-24-22-26-36-37(35)45(55)64-49(36,29-50)30-59-46(56)44(47(6,7)8)48(9,10)11/h22,24,26,38-44,50H,12-21,27-30H2,1-11H3/t38?,39?,40-,41+,42-,43+,49-/m1/s1. The van der Waals surface area contributed by atoms with Crippen molar-refractivity contribution in [2.24, 2.45) is 16.7 Å². The number of ether oxygens (including phenoxy) is 8. The van der Waals surface area contributed by atoms with Crippen LogP contribution in [-0.4, -0.2) is 104 Å². The first-order valence-corrected chi connectivity index (χ1v) is 22.6. The van der Waals surface area contributed by atoms with Gasteiger partial charge in [0.25, 0.3) is 0 Å². The first-order chi connectivity index (χ1) is 30.1. The van der Waals surface area contributed by atoms with Crippen LogP contribution in [-0.2, 0) is 67.5 Å². The van der Waals surface area contributed by atoms with Crippen molar-refractivity contribution in [1.29, 1.82) is 0 Å². The van der Waals surface area contributed by atoms with Gasteiger partial charge in [-0.15, -0.1) is 0 Å². The SMILES string of the molecule is CCCCCCCCCCCCOC1[C@@H](OC(C)=O)[C@H](OC(C)=O)C(OCC#Cc2cccc3c2C(=O)O[C@]3(CO)COC(=O)C(C(C)(C)C)C(C)(C)C)[C@H](OC(C)=O)[C@H]1OC(C)=O. The third-order valence-corrected chi connectivity index (χ3v) is 11.2. The average Bonchev–Trinajstić information content (AvgIpc) is 3.47. The van der Waals surface area contributed by atoms with Crippen LogP contribution in [0.15, 0.2) is 18.2 Å². The van der Waals surface area contributed by atoms with Gasteiger partial charge in [0.15, 0.2) is 30.0 Å². The van der Waals surface area contributed by atoms with Crippen molar-refractivity contribution in [1.82, 2.24) is 0 Å². The number of hydrogen-bond donors (Lipinski definition) is 1. The molecule has 0 amide bonds. The summed E-state index contributed by atoms with van der Waals surface area (Å²) in [6.45, 7) is 17.1. The Morgan fingerprint density at radius 2 is 1.14 bits per heavy atom. The minimum absolute atomic E-state index is 0.0591. The van der Waals surface area contributed by atoms with Crippen molar-refractivity contribution in [2.45, 2.75) is 183 Å². The topological polar surface area (TPSA) is 196 Å². The monoisotopic (exact) mass is 900 g/mol. The fourth-order valence-corrected chi connectivity index (χ4v) is 8.97. The Labute approximate surface area is 379 Å². The number of fused-ring (bicyclic) bond motifs is 1. The quantitative estimate of drug-likeness (QED) is 0.0536. The van der Waals surface area contributed by atoms with E-state index in [2.05, 4.69) is 18.8 Å². The van der Waals surface area contributed by atoms with Crippen LogP contribution in [0.5, 0.6) is 0 Å². The number of cyclic esters (lactones) is 1. The number of aliphatic hydroxyl groups excluding tert-OH is 1. The Morgan fingerprint density at radius 3 is 1.58 bits per heavy atom. The van der Waals surface area contributed by atoms with E-state index in [1.165, 1.54) is 32.1 Å². The summed E-state index contributed by atoms with van der Waals surface area (Å²) in [5.74, 6) is 0.888. The van der Waals surface area contributed by atoms with Crippen LogP contribution in [0.2, 0.25) is 0 Å². The van der Waals surface area contributed by atoms with Gasteiger partial charge in [0, 0.05) is 45.4 Å². The van der Waals surface area contributed by atoms with Crippen molar-refractivity contribution in [3.05, 3.63) is 34.9 Å². The van der Waals surface area contributed by atoms with Crippen LogP contribution < -0.4 is 0 Å². The summed E-state index contributed by atoms with van der Waals surface area (Å²) in [7, 11) is 0. The largest absolute Gasteiger partial charge is 0.461 e. The Bertz CT molecular complexity index is 1760. The van der Waals surface area contributed by atoms with E-state index in [1.807, 2.05) is 41.5 Å². The van der Waals surface area contributed by atoms with Crippen LogP contribution in [0, 0.1) is 28.6 Å². The fourth-order valence-electron chi connectivity index (χ4n) is 8.97. The number of benzene rings is 1. The molecule has 0 aromatic heterocycles. The lowest BCUT2D eigenvalue weighted by atomic mass is 9.67. The molecule has 7 atom stereocenters. The second-order valence-corrected chi connectivity index (χ2v) is 18.9. The first kappa shape index (κ1) is 53.8. The first-order valence-electron chi connectivity index (χ1n) is 22.6. The summed E-state index contributed by atoms with van der Waals surface area (Å²) in [6.07, 6.45) is 2.63. The normalized spacial score (nSPS) is 23.0. The summed E-state index contributed by atoms with van der Waals surface area (Å²) in [6, 6.07) is 4.77. The molecule has 1 saturated carbocycles. The van der Waals surface area contributed by atoms with Crippen molar-refractivity contribution in [3.63, 3.8) is 0 Å². The molecule has 0 radical (unpaired) electrons. The molecule has 2 unspecified atom stereocenters. The van der Waals surface area contributed by atoms with Gasteiger partial charge in [-0.05, 0) is 23.3 Å². The summed E-state index contributed by atoms with van der Waals surface area (Å²) < 4.78 is 46.8. The highest BCUT2D eigenvalue weighted by molar-refractivity contribution is 5.97. The molecule has 1 aliphatic carbocycles. The van der Waals surface area contributed by atoms with Crippen molar-refractivity contribution in [3.8, 4) is 11.8 Å². The summed E-state index contributed by atoms with van der Waals surface area (Å²) in [4.78, 5) is 77.3.